The van der Waals surface area contributed by atoms with E-state index in [-0.39, 0.29) is 12.2 Å². The normalized spacial score (nSPS) is 37.1. The molecule has 0 aromatic heterocycles. The van der Waals surface area contributed by atoms with Gasteiger partial charge in [-0.3, -0.25) is 14.4 Å². The fraction of sp³-hybridized carbons (Fsp3) is 0.818. The molecule has 0 spiro atoms. The number of rotatable bonds is 7. The van der Waals surface area contributed by atoms with Crippen molar-refractivity contribution in [2.75, 3.05) is 0 Å². The first-order valence-corrected chi connectivity index (χ1v) is 11.2. The number of esters is 1. The van der Waals surface area contributed by atoms with Crippen LogP contribution in [0, 0.1) is 17.8 Å². The number of ether oxygens (including phenoxy) is 2. The highest BCUT2D eigenvalue weighted by molar-refractivity contribution is 5.81. The first-order valence-electron chi connectivity index (χ1n) is 11.2. The number of hydrogen-bond acceptors (Lipinski definition) is 6. The summed E-state index contributed by atoms with van der Waals surface area (Å²) >= 11 is 0. The van der Waals surface area contributed by atoms with Crippen molar-refractivity contribution in [3.63, 3.8) is 0 Å². The molecule has 3 rings (SSSR count). The Morgan fingerprint density at radius 3 is 1.97 bits per heavy atom. The molecule has 0 heterocycles. The van der Waals surface area contributed by atoms with Crippen molar-refractivity contribution in [1.29, 1.82) is 0 Å². The molecule has 0 amide bonds. The Labute approximate surface area is 176 Å². The minimum atomic E-state index is -1.27. The molecule has 4 atom stereocenters. The quantitative estimate of drug-likeness (QED) is 0.472. The van der Waals surface area contributed by atoms with Gasteiger partial charge in [0.05, 0.1) is 23.9 Å². The van der Waals surface area contributed by atoms with Crippen LogP contribution in [0.15, 0.2) is 0 Å². The molecule has 168 valence electrons. The molecule has 3 saturated carbocycles. The van der Waals surface area contributed by atoms with Gasteiger partial charge in [-0.15, -0.1) is 0 Å². The lowest BCUT2D eigenvalue weighted by Crippen LogP contribution is -2.51. The number of carbonyl (C=O) groups excluding carboxylic acids is 2. The lowest BCUT2D eigenvalue weighted by molar-refractivity contribution is -0.184. The second-order valence-electron chi connectivity index (χ2n) is 9.00. The molecule has 0 aliphatic heterocycles. The maximum absolute atomic E-state index is 12.6. The van der Waals surface area contributed by atoms with Crippen LogP contribution in [0.1, 0.15) is 77.0 Å². The molecule has 30 heavy (non-hydrogen) atoms. The zero-order valence-corrected chi connectivity index (χ0v) is 17.3. The lowest BCUT2D eigenvalue weighted by Gasteiger charge is -2.41. The Bertz CT molecular complexity index is 654. The Kier molecular flexibility index (Phi) is 7.50. The van der Waals surface area contributed by atoms with Gasteiger partial charge < -0.3 is 24.5 Å². The second kappa shape index (κ2) is 9.90. The molecule has 0 bridgehead atoms. The number of carboxylic acids is 2. The number of aldehydes is 1. The Morgan fingerprint density at radius 2 is 1.37 bits per heavy atom. The molecule has 2 N–H and O–H groups in total. The van der Waals surface area contributed by atoms with Gasteiger partial charge in [-0.05, 0) is 51.4 Å². The van der Waals surface area contributed by atoms with Crippen LogP contribution in [0.4, 0.5) is 0 Å². The van der Waals surface area contributed by atoms with Crippen molar-refractivity contribution in [2.45, 2.75) is 94.9 Å². The predicted octanol–water partition coefficient (Wildman–Crippen LogP) is 2.96. The SMILES string of the molecule is O=CC1(OC2CCC(OC(=O)C3CCCCC3C(=O)O)CC2)CCCCC1C(=O)O. The van der Waals surface area contributed by atoms with E-state index in [0.717, 1.165) is 25.7 Å². The Hall–Kier alpha value is -1.96. The zero-order valence-electron chi connectivity index (χ0n) is 17.3. The fourth-order valence-corrected chi connectivity index (χ4v) is 5.35. The van der Waals surface area contributed by atoms with Crippen LogP contribution in [-0.4, -0.2) is 52.2 Å². The molecular weight excluding hydrogens is 392 g/mol. The number of carbonyl (C=O) groups is 4. The third-order valence-electron chi connectivity index (χ3n) is 7.07. The van der Waals surface area contributed by atoms with E-state index in [1.165, 1.54) is 0 Å². The molecular formula is C22H32O8. The van der Waals surface area contributed by atoms with Crippen LogP contribution in [0.5, 0.6) is 0 Å². The highest BCUT2D eigenvalue weighted by Crippen LogP contribution is 2.39. The van der Waals surface area contributed by atoms with E-state index >= 15 is 0 Å². The average molecular weight is 424 g/mol. The Balaban J connectivity index is 1.53. The van der Waals surface area contributed by atoms with Crippen LogP contribution in [0.2, 0.25) is 0 Å². The summed E-state index contributed by atoms with van der Waals surface area (Å²) in [6, 6.07) is 0. The van der Waals surface area contributed by atoms with Crippen LogP contribution in [0.25, 0.3) is 0 Å². The molecule has 0 aromatic rings. The lowest BCUT2D eigenvalue weighted by atomic mass is 9.75. The predicted molar refractivity (Wildman–Crippen MR) is 105 cm³/mol. The van der Waals surface area contributed by atoms with E-state index < -0.39 is 41.3 Å². The van der Waals surface area contributed by atoms with Crippen molar-refractivity contribution in [3.8, 4) is 0 Å². The third-order valence-corrected chi connectivity index (χ3v) is 7.07. The largest absolute Gasteiger partial charge is 0.481 e. The topological polar surface area (TPSA) is 127 Å². The van der Waals surface area contributed by atoms with E-state index in [1.807, 2.05) is 0 Å². The summed E-state index contributed by atoms with van der Waals surface area (Å²) in [6.45, 7) is 0. The van der Waals surface area contributed by atoms with Crippen molar-refractivity contribution < 1.29 is 38.9 Å². The van der Waals surface area contributed by atoms with Gasteiger partial charge in [0.15, 0.2) is 6.29 Å². The number of hydrogen-bond donors (Lipinski definition) is 2. The van der Waals surface area contributed by atoms with Crippen molar-refractivity contribution in [3.05, 3.63) is 0 Å². The Morgan fingerprint density at radius 1 is 0.767 bits per heavy atom. The summed E-state index contributed by atoms with van der Waals surface area (Å²) in [5.74, 6) is -4.43. The first kappa shape index (κ1) is 22.7. The molecule has 8 heteroatoms. The minimum Gasteiger partial charge on any atom is -0.481 e. The van der Waals surface area contributed by atoms with Crippen LogP contribution in [0.3, 0.4) is 0 Å². The molecule has 3 aliphatic rings. The fourth-order valence-electron chi connectivity index (χ4n) is 5.35. The summed E-state index contributed by atoms with van der Waals surface area (Å²) < 4.78 is 11.7. The summed E-state index contributed by atoms with van der Waals surface area (Å²) in [5, 5.41) is 18.9. The zero-order chi connectivity index (χ0) is 21.7. The molecule has 4 unspecified atom stereocenters. The summed E-state index contributed by atoms with van der Waals surface area (Å²) in [4.78, 5) is 47.5. The monoisotopic (exact) mass is 424 g/mol. The molecule has 0 radical (unpaired) electrons. The molecule has 0 saturated heterocycles. The number of aliphatic carboxylic acids is 2. The van der Waals surface area contributed by atoms with Crippen molar-refractivity contribution >= 4 is 24.2 Å². The van der Waals surface area contributed by atoms with Gasteiger partial charge >= 0.3 is 17.9 Å². The number of carboxylic acid groups (broad SMARTS) is 2. The van der Waals surface area contributed by atoms with Crippen molar-refractivity contribution in [2.24, 2.45) is 17.8 Å². The second-order valence-corrected chi connectivity index (χ2v) is 9.00. The summed E-state index contributed by atoms with van der Waals surface area (Å²) in [7, 11) is 0. The molecule has 0 aromatic carbocycles. The maximum atomic E-state index is 12.6. The third kappa shape index (κ3) is 5.02. The van der Waals surface area contributed by atoms with E-state index in [9.17, 15) is 29.4 Å². The van der Waals surface area contributed by atoms with Crippen LogP contribution >= 0.6 is 0 Å². The highest BCUT2D eigenvalue weighted by Gasteiger charge is 2.48. The van der Waals surface area contributed by atoms with Gasteiger partial charge in [0.2, 0.25) is 0 Å². The minimum absolute atomic E-state index is 0.244. The van der Waals surface area contributed by atoms with Gasteiger partial charge in [0.1, 0.15) is 11.7 Å². The summed E-state index contributed by atoms with van der Waals surface area (Å²) in [5.41, 5.74) is -1.27. The van der Waals surface area contributed by atoms with E-state index in [0.29, 0.717) is 57.7 Å². The standard InChI is InChI=1S/C22H32O8/c23-13-22(12-4-3-7-18(22)20(26)27)30-15-10-8-14(9-11-15)29-21(28)17-6-2-1-5-16(17)19(24)25/h13-18H,1-12H2,(H,24,25)(H,26,27). The highest BCUT2D eigenvalue weighted by atomic mass is 16.5. The molecule has 3 aliphatic carbocycles. The van der Waals surface area contributed by atoms with E-state index in [2.05, 4.69) is 0 Å². The van der Waals surface area contributed by atoms with Gasteiger partial charge in [-0.1, -0.05) is 25.7 Å². The molecule has 3 fully saturated rings. The van der Waals surface area contributed by atoms with Crippen LogP contribution < -0.4 is 0 Å². The first-order chi connectivity index (χ1) is 14.4. The summed E-state index contributed by atoms with van der Waals surface area (Å²) in [6.07, 6.45) is 7.52. The smallest absolute Gasteiger partial charge is 0.310 e. The van der Waals surface area contributed by atoms with Crippen LogP contribution in [-0.2, 0) is 28.7 Å². The maximum Gasteiger partial charge on any atom is 0.310 e. The van der Waals surface area contributed by atoms with Gasteiger partial charge in [0, 0.05) is 0 Å². The van der Waals surface area contributed by atoms with E-state index in [1.54, 1.807) is 0 Å². The van der Waals surface area contributed by atoms with E-state index in [4.69, 9.17) is 9.47 Å². The van der Waals surface area contributed by atoms with Gasteiger partial charge in [-0.25, -0.2) is 0 Å². The molecule has 8 nitrogen and oxygen atoms in total. The van der Waals surface area contributed by atoms with Gasteiger partial charge in [0.25, 0.3) is 0 Å². The average Bonchev–Trinajstić information content (AvgIpc) is 2.75. The van der Waals surface area contributed by atoms with Crippen molar-refractivity contribution in [1.82, 2.24) is 0 Å². The van der Waals surface area contributed by atoms with Gasteiger partial charge in [-0.2, -0.15) is 0 Å².